The Morgan fingerprint density at radius 1 is 1.19 bits per heavy atom. The molecule has 0 aliphatic carbocycles. The maximum Gasteiger partial charge on any atom is 0.259 e. The average Bonchev–Trinajstić information content (AvgIpc) is 3.08. The third-order valence-corrected chi connectivity index (χ3v) is 5.89. The van der Waals surface area contributed by atoms with Gasteiger partial charge in [-0.25, -0.2) is 9.89 Å². The second-order valence-electron chi connectivity index (χ2n) is 7.75. The number of benzene rings is 2. The summed E-state index contributed by atoms with van der Waals surface area (Å²) < 4.78 is 5.13. The first-order valence-corrected chi connectivity index (χ1v) is 11.1. The molecular formula is C23H24N4O3S. The van der Waals surface area contributed by atoms with E-state index in [-0.39, 0.29) is 17.6 Å². The standard InChI is InChI=1S/C23H24N4O3S/c1-14(2)12-19-22(29)27-21(25-19)17-6-4-5-7-18(17)26-23(27)31-13-20(28)24-15-8-10-16(30-3)11-9-15/h4-11,14,19H,12-13H2,1-3H3,(H,24,28). The number of hydrogen-bond donors (Lipinski definition) is 1. The van der Waals surface area contributed by atoms with Crippen molar-refractivity contribution in [2.75, 3.05) is 18.2 Å². The predicted octanol–water partition coefficient (Wildman–Crippen LogP) is 4.07. The van der Waals surface area contributed by atoms with Crippen molar-refractivity contribution in [3.8, 4) is 5.75 Å². The largest absolute Gasteiger partial charge is 0.497 e. The number of carbonyl (C=O) groups excluding carboxylic acids is 2. The summed E-state index contributed by atoms with van der Waals surface area (Å²) in [5.74, 6) is 1.55. The molecule has 7 nitrogen and oxygen atoms in total. The Labute approximate surface area is 185 Å². The minimum absolute atomic E-state index is 0.0833. The van der Waals surface area contributed by atoms with Crippen molar-refractivity contribution in [1.82, 2.24) is 4.90 Å². The molecule has 0 bridgehead atoms. The summed E-state index contributed by atoms with van der Waals surface area (Å²) in [5, 5.41) is 3.34. The molecule has 0 saturated carbocycles. The van der Waals surface area contributed by atoms with Crippen molar-refractivity contribution in [1.29, 1.82) is 0 Å². The Hall–Kier alpha value is -3.13. The van der Waals surface area contributed by atoms with E-state index in [0.717, 1.165) is 17.0 Å². The number of amides is 2. The number of thioether (sulfide) groups is 1. The van der Waals surface area contributed by atoms with Crippen molar-refractivity contribution < 1.29 is 14.3 Å². The van der Waals surface area contributed by atoms with E-state index in [1.807, 2.05) is 24.3 Å². The van der Waals surface area contributed by atoms with Crippen molar-refractivity contribution in [3.05, 3.63) is 54.1 Å². The summed E-state index contributed by atoms with van der Waals surface area (Å²) in [6, 6.07) is 14.3. The maximum absolute atomic E-state index is 13.1. The van der Waals surface area contributed by atoms with Crippen molar-refractivity contribution >= 4 is 46.0 Å². The Morgan fingerprint density at radius 3 is 2.65 bits per heavy atom. The molecule has 0 fully saturated rings. The van der Waals surface area contributed by atoms with Gasteiger partial charge in [0.05, 0.1) is 18.6 Å². The minimum Gasteiger partial charge on any atom is -0.497 e. The summed E-state index contributed by atoms with van der Waals surface area (Å²) in [4.78, 5) is 36.5. The summed E-state index contributed by atoms with van der Waals surface area (Å²) >= 11 is 1.23. The molecule has 2 heterocycles. The van der Waals surface area contributed by atoms with Crippen LogP contribution in [0.5, 0.6) is 5.75 Å². The molecule has 8 heteroatoms. The van der Waals surface area contributed by atoms with E-state index in [2.05, 4.69) is 24.2 Å². The van der Waals surface area contributed by atoms with Crippen LogP contribution < -0.4 is 10.1 Å². The van der Waals surface area contributed by atoms with Gasteiger partial charge in [0.25, 0.3) is 5.91 Å². The van der Waals surface area contributed by atoms with Crippen LogP contribution in [0.3, 0.4) is 0 Å². The lowest BCUT2D eigenvalue weighted by molar-refractivity contribution is -0.125. The van der Waals surface area contributed by atoms with E-state index < -0.39 is 6.04 Å². The minimum atomic E-state index is -0.417. The molecule has 1 unspecified atom stereocenters. The molecular weight excluding hydrogens is 412 g/mol. The fourth-order valence-corrected chi connectivity index (χ4v) is 4.30. The summed E-state index contributed by atoms with van der Waals surface area (Å²) in [7, 11) is 1.59. The highest BCUT2D eigenvalue weighted by Crippen LogP contribution is 2.34. The zero-order chi connectivity index (χ0) is 22.0. The second kappa shape index (κ2) is 8.93. The van der Waals surface area contributed by atoms with Gasteiger partial charge in [0.2, 0.25) is 5.91 Å². The van der Waals surface area contributed by atoms with Crippen LogP contribution >= 0.6 is 11.8 Å². The monoisotopic (exact) mass is 436 g/mol. The van der Waals surface area contributed by atoms with E-state index in [0.29, 0.717) is 29.0 Å². The lowest BCUT2D eigenvalue weighted by Gasteiger charge is -2.25. The highest BCUT2D eigenvalue weighted by molar-refractivity contribution is 8.14. The number of rotatable bonds is 6. The summed E-state index contributed by atoms with van der Waals surface area (Å²) in [6.07, 6.45) is 0.677. The van der Waals surface area contributed by atoms with Crippen LogP contribution in [-0.4, -0.2) is 46.6 Å². The van der Waals surface area contributed by atoms with Crippen molar-refractivity contribution in [3.63, 3.8) is 0 Å². The number of aliphatic imine (C=N–C) groups is 2. The van der Waals surface area contributed by atoms with Crippen LogP contribution in [-0.2, 0) is 9.59 Å². The number of fused-ring (bicyclic) bond motifs is 3. The van der Waals surface area contributed by atoms with Crippen molar-refractivity contribution in [2.45, 2.75) is 26.3 Å². The lowest BCUT2D eigenvalue weighted by Crippen LogP contribution is -2.41. The smallest absolute Gasteiger partial charge is 0.259 e. The zero-order valence-electron chi connectivity index (χ0n) is 17.7. The van der Waals surface area contributed by atoms with Gasteiger partial charge in [0.15, 0.2) is 5.17 Å². The van der Waals surface area contributed by atoms with Crippen LogP contribution in [0.25, 0.3) is 0 Å². The Balaban J connectivity index is 1.51. The predicted molar refractivity (Wildman–Crippen MR) is 124 cm³/mol. The van der Waals surface area contributed by atoms with E-state index in [4.69, 9.17) is 9.73 Å². The number of para-hydroxylation sites is 1. The molecule has 31 heavy (non-hydrogen) atoms. The van der Waals surface area contributed by atoms with Gasteiger partial charge >= 0.3 is 0 Å². The lowest BCUT2D eigenvalue weighted by atomic mass is 10.0. The van der Waals surface area contributed by atoms with Gasteiger partial charge in [-0.05, 0) is 48.7 Å². The first-order valence-electron chi connectivity index (χ1n) is 10.1. The molecule has 2 aliphatic heterocycles. The van der Waals surface area contributed by atoms with E-state index in [1.165, 1.54) is 11.8 Å². The quantitative estimate of drug-likeness (QED) is 0.740. The Kier molecular flexibility index (Phi) is 6.08. The summed E-state index contributed by atoms with van der Waals surface area (Å²) in [6.45, 7) is 4.15. The molecule has 1 N–H and O–H groups in total. The van der Waals surface area contributed by atoms with Gasteiger partial charge in [-0.2, -0.15) is 0 Å². The van der Waals surface area contributed by atoms with E-state index in [9.17, 15) is 9.59 Å². The Morgan fingerprint density at radius 2 is 1.94 bits per heavy atom. The van der Waals surface area contributed by atoms with Gasteiger partial charge in [-0.15, -0.1) is 0 Å². The number of hydrogen-bond acceptors (Lipinski definition) is 6. The fraction of sp³-hybridized carbons (Fsp3) is 0.304. The van der Waals surface area contributed by atoms with Gasteiger partial charge in [0.1, 0.15) is 17.6 Å². The first kappa shape index (κ1) is 21.1. The normalized spacial score (nSPS) is 17.1. The molecule has 160 valence electrons. The Bertz CT molecular complexity index is 1060. The first-order chi connectivity index (χ1) is 15.0. The van der Waals surface area contributed by atoms with Crippen molar-refractivity contribution in [2.24, 2.45) is 15.9 Å². The average molecular weight is 437 g/mol. The van der Waals surface area contributed by atoms with Crippen LogP contribution in [0.15, 0.2) is 58.5 Å². The maximum atomic E-state index is 13.1. The van der Waals surface area contributed by atoms with Gasteiger partial charge in [0, 0.05) is 11.3 Å². The van der Waals surface area contributed by atoms with E-state index >= 15 is 0 Å². The molecule has 2 amide bonds. The van der Waals surface area contributed by atoms with Gasteiger partial charge in [-0.3, -0.25) is 14.6 Å². The van der Waals surface area contributed by atoms with Gasteiger partial charge < -0.3 is 10.1 Å². The SMILES string of the molecule is COc1ccc(NC(=O)CSC2=Nc3ccccc3C3=NC(CC(C)C)C(=O)N23)cc1. The molecule has 2 aromatic carbocycles. The third kappa shape index (κ3) is 4.49. The molecule has 4 rings (SSSR count). The highest BCUT2D eigenvalue weighted by atomic mass is 32.2. The second-order valence-corrected chi connectivity index (χ2v) is 8.69. The zero-order valence-corrected chi connectivity index (χ0v) is 18.5. The van der Waals surface area contributed by atoms with Crippen LogP contribution in [0, 0.1) is 5.92 Å². The number of methoxy groups -OCH3 is 1. The number of amidine groups is 2. The molecule has 0 spiro atoms. The fourth-order valence-electron chi connectivity index (χ4n) is 3.50. The molecule has 0 aromatic heterocycles. The number of ether oxygens (including phenoxy) is 1. The molecule has 1 atom stereocenters. The number of nitrogens with one attached hydrogen (secondary N) is 1. The van der Waals surface area contributed by atoms with Gasteiger partial charge in [-0.1, -0.05) is 37.7 Å². The topological polar surface area (TPSA) is 83.4 Å². The number of nitrogens with zero attached hydrogens (tertiary/aromatic N) is 3. The van der Waals surface area contributed by atoms with Crippen LogP contribution in [0.1, 0.15) is 25.8 Å². The molecule has 2 aliphatic rings. The molecule has 0 saturated heterocycles. The van der Waals surface area contributed by atoms with E-state index in [1.54, 1.807) is 36.3 Å². The van der Waals surface area contributed by atoms with Crippen LogP contribution in [0.4, 0.5) is 11.4 Å². The number of anilines is 1. The summed E-state index contributed by atoms with van der Waals surface area (Å²) in [5.41, 5.74) is 2.28. The third-order valence-electron chi connectivity index (χ3n) is 4.95. The highest BCUT2D eigenvalue weighted by Gasteiger charge is 2.41. The van der Waals surface area contributed by atoms with Crippen LogP contribution in [0.2, 0.25) is 0 Å². The molecule has 0 radical (unpaired) electrons. The molecule has 2 aromatic rings. The number of carbonyl (C=O) groups is 2.